The van der Waals surface area contributed by atoms with E-state index in [1.165, 1.54) is 0 Å². The number of nitrogens with one attached hydrogen (secondary N) is 1. The summed E-state index contributed by atoms with van der Waals surface area (Å²) in [5, 5.41) is 12.2. The fourth-order valence-electron chi connectivity index (χ4n) is 2.12. The van der Waals surface area contributed by atoms with Gasteiger partial charge in [-0.15, -0.1) is 0 Å². The van der Waals surface area contributed by atoms with Crippen LogP contribution >= 0.6 is 0 Å². The van der Waals surface area contributed by atoms with Gasteiger partial charge in [0, 0.05) is 25.1 Å². The van der Waals surface area contributed by atoms with Crippen LogP contribution in [-0.2, 0) is 18.4 Å². The van der Waals surface area contributed by atoms with Gasteiger partial charge in [0.15, 0.2) is 0 Å². The van der Waals surface area contributed by atoms with Crippen LogP contribution in [0.25, 0.3) is 10.9 Å². The van der Waals surface area contributed by atoms with Crippen LogP contribution in [0.5, 0.6) is 0 Å². The van der Waals surface area contributed by atoms with Crippen molar-refractivity contribution in [3.05, 3.63) is 42.9 Å². The second kappa shape index (κ2) is 5.16. The third kappa shape index (κ3) is 2.54. The fourth-order valence-corrected chi connectivity index (χ4v) is 2.12. The second-order valence-electron chi connectivity index (χ2n) is 4.63. The number of carbonyl (C=O) groups is 1. The fraction of sp³-hybridized carbons (Fsp3) is 0.214. The van der Waals surface area contributed by atoms with E-state index >= 15 is 0 Å². The Morgan fingerprint density at radius 2 is 2.10 bits per heavy atom. The van der Waals surface area contributed by atoms with Gasteiger partial charge < -0.3 is 5.32 Å². The van der Waals surface area contributed by atoms with Crippen LogP contribution in [0, 0.1) is 0 Å². The highest BCUT2D eigenvalue weighted by molar-refractivity contribution is 5.90. The smallest absolute Gasteiger partial charge is 0.226 e. The molecule has 1 amide bonds. The molecule has 1 N–H and O–H groups in total. The average Bonchev–Trinajstić information content (AvgIpc) is 3.03. The summed E-state index contributed by atoms with van der Waals surface area (Å²) in [6.07, 6.45) is 5.58. The molecule has 0 saturated heterocycles. The lowest BCUT2D eigenvalue weighted by atomic mass is 10.2. The van der Waals surface area contributed by atoms with Gasteiger partial charge in [-0.05, 0) is 6.07 Å². The van der Waals surface area contributed by atoms with Gasteiger partial charge in [0.2, 0.25) is 5.91 Å². The molecule has 0 radical (unpaired) electrons. The number of amides is 1. The Kier molecular flexibility index (Phi) is 3.20. The highest BCUT2D eigenvalue weighted by Gasteiger charge is 2.06. The number of anilines is 1. The molecule has 6 nitrogen and oxygen atoms in total. The highest BCUT2D eigenvalue weighted by atomic mass is 16.1. The van der Waals surface area contributed by atoms with E-state index in [0.29, 0.717) is 18.7 Å². The maximum atomic E-state index is 11.9. The van der Waals surface area contributed by atoms with Gasteiger partial charge in [-0.2, -0.15) is 10.2 Å². The van der Waals surface area contributed by atoms with E-state index in [0.717, 1.165) is 10.9 Å². The van der Waals surface area contributed by atoms with E-state index in [2.05, 4.69) is 15.5 Å². The molecule has 102 valence electrons. The number of aromatic nitrogens is 4. The van der Waals surface area contributed by atoms with Crippen LogP contribution in [0.1, 0.15) is 6.42 Å². The minimum absolute atomic E-state index is 0.0439. The van der Waals surface area contributed by atoms with E-state index in [-0.39, 0.29) is 5.91 Å². The first kappa shape index (κ1) is 12.4. The molecule has 0 spiro atoms. The first-order valence-corrected chi connectivity index (χ1v) is 6.41. The number of hydrogen-bond donors (Lipinski definition) is 1. The van der Waals surface area contributed by atoms with Crippen LogP contribution in [0.3, 0.4) is 0 Å². The summed E-state index contributed by atoms with van der Waals surface area (Å²) in [7, 11) is 1.81. The average molecular weight is 269 g/mol. The number of fused-ring (bicyclic) bond motifs is 1. The van der Waals surface area contributed by atoms with Gasteiger partial charge >= 0.3 is 0 Å². The van der Waals surface area contributed by atoms with E-state index < -0.39 is 0 Å². The Bertz CT molecular complexity index is 743. The zero-order valence-corrected chi connectivity index (χ0v) is 11.2. The predicted octanol–water partition coefficient (Wildman–Crippen LogP) is 1.80. The molecule has 0 aliphatic rings. The summed E-state index contributed by atoms with van der Waals surface area (Å²) in [6.45, 7) is 0.555. The largest absolute Gasteiger partial charge is 0.323 e. The van der Waals surface area contributed by atoms with Crippen LogP contribution < -0.4 is 5.32 Å². The molecule has 0 aliphatic carbocycles. The first-order valence-electron chi connectivity index (χ1n) is 6.41. The zero-order valence-electron chi connectivity index (χ0n) is 11.2. The molecule has 20 heavy (non-hydrogen) atoms. The maximum Gasteiger partial charge on any atom is 0.226 e. The van der Waals surface area contributed by atoms with E-state index in [1.54, 1.807) is 17.1 Å². The van der Waals surface area contributed by atoms with Gasteiger partial charge in [-0.1, -0.05) is 18.2 Å². The molecule has 0 bridgehead atoms. The Hall–Kier alpha value is -2.63. The Labute approximate surface area is 116 Å². The molecule has 1 aromatic carbocycles. The van der Waals surface area contributed by atoms with Crippen molar-refractivity contribution in [1.82, 2.24) is 19.6 Å². The molecular formula is C14H15N5O. The van der Waals surface area contributed by atoms with Gasteiger partial charge in [-0.3, -0.25) is 14.2 Å². The monoisotopic (exact) mass is 269 g/mol. The van der Waals surface area contributed by atoms with Crippen LogP contribution in [0.4, 0.5) is 5.69 Å². The van der Waals surface area contributed by atoms with Gasteiger partial charge in [0.05, 0.1) is 30.1 Å². The number of nitrogens with zero attached hydrogens (tertiary/aromatic N) is 4. The summed E-state index contributed by atoms with van der Waals surface area (Å²) < 4.78 is 3.49. The highest BCUT2D eigenvalue weighted by Crippen LogP contribution is 2.13. The molecule has 0 aliphatic heterocycles. The molecule has 0 unspecified atom stereocenters. The topological polar surface area (TPSA) is 64.7 Å². The number of benzene rings is 1. The van der Waals surface area contributed by atoms with Gasteiger partial charge in [0.1, 0.15) is 0 Å². The molecule has 3 rings (SSSR count). The third-order valence-corrected chi connectivity index (χ3v) is 3.09. The zero-order chi connectivity index (χ0) is 13.9. The Morgan fingerprint density at radius 1 is 1.25 bits per heavy atom. The van der Waals surface area contributed by atoms with Crippen molar-refractivity contribution in [2.45, 2.75) is 13.0 Å². The van der Waals surface area contributed by atoms with Crippen molar-refractivity contribution in [3.8, 4) is 0 Å². The van der Waals surface area contributed by atoms with Crippen molar-refractivity contribution < 1.29 is 4.79 Å². The summed E-state index contributed by atoms with van der Waals surface area (Å²) in [4.78, 5) is 11.9. The Balaban J connectivity index is 1.63. The van der Waals surface area contributed by atoms with E-state index in [1.807, 2.05) is 42.2 Å². The third-order valence-electron chi connectivity index (χ3n) is 3.09. The molecule has 3 aromatic rings. The number of hydrogen-bond acceptors (Lipinski definition) is 3. The van der Waals surface area contributed by atoms with E-state index in [9.17, 15) is 4.79 Å². The van der Waals surface area contributed by atoms with Gasteiger partial charge in [0.25, 0.3) is 0 Å². The minimum atomic E-state index is -0.0439. The standard InChI is InChI=1S/C14H15N5O/c1-18-10-12(9-15-18)17-14(20)6-7-19-13-5-3-2-4-11(13)8-16-19/h2-5,8-10H,6-7H2,1H3,(H,17,20). The lowest BCUT2D eigenvalue weighted by Gasteiger charge is -2.04. The number of aryl methyl sites for hydroxylation is 2. The molecule has 0 saturated carbocycles. The normalized spacial score (nSPS) is 10.8. The number of para-hydroxylation sites is 1. The molecule has 6 heteroatoms. The van der Waals surface area contributed by atoms with Gasteiger partial charge in [-0.25, -0.2) is 0 Å². The van der Waals surface area contributed by atoms with Crippen molar-refractivity contribution in [1.29, 1.82) is 0 Å². The number of rotatable bonds is 4. The quantitative estimate of drug-likeness (QED) is 0.785. The van der Waals surface area contributed by atoms with Crippen LogP contribution in [-0.4, -0.2) is 25.5 Å². The van der Waals surface area contributed by atoms with Crippen molar-refractivity contribution in [2.75, 3.05) is 5.32 Å². The summed E-state index contributed by atoms with van der Waals surface area (Å²) in [5.41, 5.74) is 1.75. The first-order chi connectivity index (χ1) is 9.72. The minimum Gasteiger partial charge on any atom is -0.323 e. The van der Waals surface area contributed by atoms with Crippen molar-refractivity contribution in [2.24, 2.45) is 7.05 Å². The summed E-state index contributed by atoms with van der Waals surface area (Å²) >= 11 is 0. The van der Waals surface area contributed by atoms with Crippen molar-refractivity contribution in [3.63, 3.8) is 0 Å². The lowest BCUT2D eigenvalue weighted by molar-refractivity contribution is -0.116. The SMILES string of the molecule is Cn1cc(NC(=O)CCn2ncc3ccccc32)cn1. The molecule has 2 heterocycles. The molecule has 2 aromatic heterocycles. The molecular weight excluding hydrogens is 254 g/mol. The lowest BCUT2D eigenvalue weighted by Crippen LogP contribution is -2.14. The van der Waals surface area contributed by atoms with Crippen molar-refractivity contribution >= 4 is 22.5 Å². The van der Waals surface area contributed by atoms with Crippen LogP contribution in [0.15, 0.2) is 42.9 Å². The molecule has 0 atom stereocenters. The van der Waals surface area contributed by atoms with Crippen LogP contribution in [0.2, 0.25) is 0 Å². The summed E-state index contributed by atoms with van der Waals surface area (Å²) in [6, 6.07) is 7.95. The predicted molar refractivity (Wildman–Crippen MR) is 76.2 cm³/mol. The summed E-state index contributed by atoms with van der Waals surface area (Å²) in [5.74, 6) is -0.0439. The molecule has 0 fully saturated rings. The van der Waals surface area contributed by atoms with E-state index in [4.69, 9.17) is 0 Å². The Morgan fingerprint density at radius 3 is 2.90 bits per heavy atom. The second-order valence-corrected chi connectivity index (χ2v) is 4.63. The number of carbonyl (C=O) groups excluding carboxylic acids is 1. The maximum absolute atomic E-state index is 11.9.